The third-order valence-electron chi connectivity index (χ3n) is 2.74. The lowest BCUT2D eigenvalue weighted by Crippen LogP contribution is -2.24. The highest BCUT2D eigenvalue weighted by Gasteiger charge is 2.01. The summed E-state index contributed by atoms with van der Waals surface area (Å²) in [5, 5.41) is 24.3. The number of hydrogen-bond donors (Lipinski definition) is 4. The molecular weight excluding hydrogens is 613 g/mol. The average molecular weight is 645 g/mol. The summed E-state index contributed by atoms with van der Waals surface area (Å²) >= 11 is 8.96. The summed E-state index contributed by atoms with van der Waals surface area (Å²) in [7, 11) is 0. The number of nitrogens with zero attached hydrogens (tertiary/aromatic N) is 2. The van der Waals surface area contributed by atoms with Crippen molar-refractivity contribution < 1.29 is 48.8 Å². The lowest BCUT2D eigenvalue weighted by molar-refractivity contribution is -0.221. The molecule has 0 spiro atoms. The first-order valence-corrected chi connectivity index (χ1v) is 17.2. The lowest BCUT2D eigenvalue weighted by Gasteiger charge is -2.06. The fourth-order valence-electron chi connectivity index (χ4n) is 1.39. The van der Waals surface area contributed by atoms with E-state index in [9.17, 15) is 9.59 Å². The Hall–Kier alpha value is -0.580. The van der Waals surface area contributed by atoms with E-state index in [1.807, 2.05) is 0 Å². The number of thioether (sulfide) groups is 6. The van der Waals surface area contributed by atoms with Crippen LogP contribution in [0.5, 0.6) is 0 Å². The van der Waals surface area contributed by atoms with Gasteiger partial charge in [-0.3, -0.25) is 0 Å². The van der Waals surface area contributed by atoms with E-state index in [-0.39, 0.29) is 32.4 Å². The van der Waals surface area contributed by atoms with Crippen LogP contribution in [-0.4, -0.2) is 112 Å². The maximum atomic E-state index is 11.6. The van der Waals surface area contributed by atoms with Crippen LogP contribution >= 0.6 is 70.6 Å². The van der Waals surface area contributed by atoms with Gasteiger partial charge in [0, 0.05) is 15.3 Å². The quantitative estimate of drug-likeness (QED) is 0.0269. The zero-order chi connectivity index (χ0) is 27.1. The highest BCUT2D eigenvalue weighted by molar-refractivity contribution is 8.16. The minimum Gasteiger partial charge on any atom is -0.447 e. The van der Waals surface area contributed by atoms with E-state index in [1.165, 1.54) is 83.4 Å². The van der Waals surface area contributed by atoms with Gasteiger partial charge in [0.1, 0.15) is 25.1 Å². The molecule has 0 aliphatic carbocycles. The topological polar surface area (TPSA) is 179 Å². The number of amides is 2. The van der Waals surface area contributed by atoms with Crippen molar-refractivity contribution in [3.05, 3.63) is 0 Å². The van der Waals surface area contributed by atoms with E-state index in [0.29, 0.717) is 34.5 Å². The number of alkyl carbamates (subject to hydrolysis) is 2. The van der Waals surface area contributed by atoms with Crippen LogP contribution in [-0.2, 0) is 29.0 Å². The summed E-state index contributed by atoms with van der Waals surface area (Å²) < 4.78 is 9.69. The molecule has 216 valence electrons. The number of ether oxygens (including phenoxy) is 2. The first-order valence-electron chi connectivity index (χ1n) is 10.2. The van der Waals surface area contributed by atoms with Crippen molar-refractivity contribution in [1.29, 1.82) is 0 Å². The van der Waals surface area contributed by atoms with Gasteiger partial charge in [-0.2, -0.15) is 9.78 Å². The monoisotopic (exact) mass is 644 g/mol. The van der Waals surface area contributed by atoms with Gasteiger partial charge >= 0.3 is 12.2 Å². The molecule has 0 fully saturated rings. The van der Waals surface area contributed by atoms with Crippen LogP contribution in [0, 0.1) is 0 Å². The number of rotatable bonds is 26. The third-order valence-corrected chi connectivity index (χ3v) is 8.65. The third kappa shape index (κ3) is 31.5. The largest absolute Gasteiger partial charge is 0.447 e. The lowest BCUT2D eigenvalue weighted by atomic mass is 10.8. The maximum absolute atomic E-state index is 11.6. The molecule has 2 amide bonds. The summed E-state index contributed by atoms with van der Waals surface area (Å²) in [6.45, 7) is -0.248. The van der Waals surface area contributed by atoms with Crippen LogP contribution in [0.2, 0.25) is 0 Å². The van der Waals surface area contributed by atoms with E-state index in [2.05, 4.69) is 35.1 Å². The van der Waals surface area contributed by atoms with Gasteiger partial charge in [0.2, 0.25) is 12.8 Å². The van der Waals surface area contributed by atoms with Gasteiger partial charge in [-0.15, -0.1) is 70.6 Å². The summed E-state index contributed by atoms with van der Waals surface area (Å²) in [6.07, 6.45) is 1.35. The van der Waals surface area contributed by atoms with Crippen LogP contribution in [0.15, 0.2) is 9.98 Å². The molecule has 0 saturated carbocycles. The van der Waals surface area contributed by atoms with Gasteiger partial charge in [-0.1, -0.05) is 0 Å². The minimum absolute atomic E-state index is 0.0200. The fraction of sp³-hybridized carbons (Fsp3) is 0.765. The van der Waals surface area contributed by atoms with Crippen LogP contribution in [0.25, 0.3) is 0 Å². The molecule has 20 heteroatoms. The number of aliphatic imine (C=N–C) groups is 2. The number of aliphatic hydroxyl groups excluding tert-OH is 2. The van der Waals surface area contributed by atoms with Gasteiger partial charge in [-0.25, -0.2) is 19.6 Å². The van der Waals surface area contributed by atoms with E-state index in [4.69, 9.17) is 24.7 Å². The molecule has 37 heavy (non-hydrogen) atoms. The molecule has 14 nitrogen and oxygen atoms in total. The second kappa shape index (κ2) is 31.6. The van der Waals surface area contributed by atoms with Crippen molar-refractivity contribution in [3.8, 4) is 0 Å². The molecule has 0 atom stereocenters. The van der Waals surface area contributed by atoms with Gasteiger partial charge in [0.25, 0.3) is 0 Å². The second-order valence-electron chi connectivity index (χ2n) is 5.44. The second-order valence-corrected chi connectivity index (χ2v) is 12.3. The van der Waals surface area contributed by atoms with Crippen LogP contribution in [0.1, 0.15) is 0 Å². The smallest absolute Gasteiger partial charge is 0.408 e. The Morgan fingerprint density at radius 2 is 1.22 bits per heavy atom. The molecule has 0 aliphatic heterocycles. The van der Waals surface area contributed by atoms with Crippen molar-refractivity contribution in [3.63, 3.8) is 0 Å². The standard InChI is InChI=1S/C17H32N4O10S6/c22-1-3-26-16(24)20-9-34-13-33-8-19-6-30-31-12-37-15-36-11-27-17(25)21-10-35-14-32-7-18-5-29-28-4-2-23/h5-6,22-23H,1-4,7-15H2,(H,20,24)(H,21,25)/b18-5?,19-6+. The molecule has 0 bridgehead atoms. The van der Waals surface area contributed by atoms with Crippen molar-refractivity contribution in [1.82, 2.24) is 10.6 Å². The summed E-state index contributed by atoms with van der Waals surface area (Å²) in [6, 6.07) is 0. The Morgan fingerprint density at radius 1 is 0.676 bits per heavy atom. The molecule has 0 aromatic heterocycles. The van der Waals surface area contributed by atoms with Crippen molar-refractivity contribution in [2.24, 2.45) is 9.98 Å². The number of carbonyl (C=O) groups excluding carboxylic acids is 2. The van der Waals surface area contributed by atoms with Gasteiger partial charge in [-0.05, 0) is 0 Å². The SMILES string of the molecule is O=C(NCSCSC/N=C/OOCSCSCOC(=O)NCSCSCN=COOCCO)OCCO. The van der Waals surface area contributed by atoms with Crippen molar-refractivity contribution in [2.75, 3.05) is 77.1 Å². The zero-order valence-electron chi connectivity index (χ0n) is 19.9. The Morgan fingerprint density at radius 3 is 1.84 bits per heavy atom. The van der Waals surface area contributed by atoms with E-state index in [0.717, 1.165) is 10.2 Å². The van der Waals surface area contributed by atoms with Gasteiger partial charge in [0.05, 0.1) is 36.7 Å². The van der Waals surface area contributed by atoms with E-state index < -0.39 is 12.2 Å². The number of hydrogen-bond acceptors (Lipinski definition) is 18. The first kappa shape index (κ1) is 36.4. The Labute approximate surface area is 241 Å². The highest BCUT2D eigenvalue weighted by Crippen LogP contribution is 2.13. The predicted molar refractivity (Wildman–Crippen MR) is 154 cm³/mol. The Bertz CT molecular complexity index is 601. The molecular formula is C17H32N4O10S6. The van der Waals surface area contributed by atoms with Gasteiger partial charge in [0.15, 0.2) is 0 Å². The van der Waals surface area contributed by atoms with E-state index >= 15 is 0 Å². The Balaban J connectivity index is 3.27. The van der Waals surface area contributed by atoms with Crippen LogP contribution < -0.4 is 10.6 Å². The van der Waals surface area contributed by atoms with Crippen molar-refractivity contribution >= 4 is 95.6 Å². The molecule has 0 saturated heterocycles. The first-order chi connectivity index (χ1) is 18.2. The molecule has 0 aromatic carbocycles. The van der Waals surface area contributed by atoms with Crippen LogP contribution in [0.3, 0.4) is 0 Å². The number of nitrogens with one attached hydrogen (secondary N) is 2. The zero-order valence-corrected chi connectivity index (χ0v) is 24.8. The minimum atomic E-state index is -0.556. The molecule has 0 radical (unpaired) electrons. The average Bonchev–Trinajstić information content (AvgIpc) is 2.90. The van der Waals surface area contributed by atoms with Gasteiger partial charge < -0.3 is 40.1 Å². The molecule has 0 aromatic rings. The predicted octanol–water partition coefficient (Wildman–Crippen LogP) is 2.39. The van der Waals surface area contributed by atoms with E-state index in [1.54, 1.807) is 0 Å². The summed E-state index contributed by atoms with van der Waals surface area (Å²) in [5.41, 5.74) is 0. The number of carbonyl (C=O) groups is 2. The Kier molecular flexibility index (Phi) is 31.1. The maximum Gasteiger partial charge on any atom is 0.408 e. The highest BCUT2D eigenvalue weighted by atomic mass is 32.2. The van der Waals surface area contributed by atoms with Crippen molar-refractivity contribution in [2.45, 2.75) is 0 Å². The summed E-state index contributed by atoms with van der Waals surface area (Å²) in [4.78, 5) is 49.5. The normalized spacial score (nSPS) is 11.1. The fourth-order valence-corrected chi connectivity index (χ4v) is 5.70. The molecule has 0 rings (SSSR count). The molecule has 0 unspecified atom stereocenters. The molecule has 0 aliphatic rings. The number of aliphatic hydroxyl groups is 2. The van der Waals surface area contributed by atoms with Crippen LogP contribution in [0.4, 0.5) is 9.59 Å². The molecule has 0 heterocycles. The summed E-state index contributed by atoms with van der Waals surface area (Å²) in [5.74, 6) is 2.33. The molecule has 4 N–H and O–H groups in total.